The van der Waals surface area contributed by atoms with Gasteiger partial charge in [-0.05, 0) is 43.0 Å². The predicted octanol–water partition coefficient (Wildman–Crippen LogP) is 0.653. The quantitative estimate of drug-likeness (QED) is 0.329. The number of carbonyl (C=O) groups excluding carboxylic acids is 3. The number of ether oxygens (including phenoxy) is 2. The van der Waals surface area contributed by atoms with E-state index in [1.54, 1.807) is 25.2 Å². The van der Waals surface area contributed by atoms with Gasteiger partial charge in [0.1, 0.15) is 5.49 Å². The van der Waals surface area contributed by atoms with Gasteiger partial charge < -0.3 is 25.2 Å². The molecular weight excluding hydrogens is 508 g/mol. The molecule has 3 aromatic rings. The number of methoxy groups -OCH3 is 1. The van der Waals surface area contributed by atoms with Crippen molar-refractivity contribution in [2.24, 2.45) is 18.0 Å². The maximum atomic E-state index is 12.9. The zero-order chi connectivity index (χ0) is 27.7. The second kappa shape index (κ2) is 10.3. The van der Waals surface area contributed by atoms with E-state index in [-0.39, 0.29) is 29.6 Å². The Kier molecular flexibility index (Phi) is 6.87. The molecule has 3 N–H and O–H groups in total. The number of esters is 1. The van der Waals surface area contributed by atoms with Crippen molar-refractivity contribution in [3.05, 3.63) is 41.5 Å². The van der Waals surface area contributed by atoms with Crippen molar-refractivity contribution < 1.29 is 29.0 Å². The van der Waals surface area contributed by atoms with Crippen molar-refractivity contribution in [3.8, 4) is 17.1 Å². The summed E-state index contributed by atoms with van der Waals surface area (Å²) in [4.78, 5) is 43.4. The summed E-state index contributed by atoms with van der Waals surface area (Å²) in [6.07, 6.45) is 3.60. The molecule has 14 nitrogen and oxygen atoms in total. The van der Waals surface area contributed by atoms with Gasteiger partial charge in [0.15, 0.2) is 18.1 Å². The topological polar surface area (TPSA) is 175 Å². The van der Waals surface area contributed by atoms with E-state index in [0.717, 1.165) is 12.8 Å². The number of aryl methyl sites for hydroxylation is 1. The van der Waals surface area contributed by atoms with Crippen LogP contribution in [0.1, 0.15) is 36.0 Å². The van der Waals surface area contributed by atoms with E-state index in [0.29, 0.717) is 41.4 Å². The number of amides is 2. The van der Waals surface area contributed by atoms with Crippen LogP contribution in [0, 0.1) is 5.92 Å². The first-order chi connectivity index (χ1) is 18.7. The number of benzene rings is 1. The summed E-state index contributed by atoms with van der Waals surface area (Å²) in [6, 6.07) is 6.81. The molecule has 2 heterocycles. The Balaban J connectivity index is 1.57. The van der Waals surface area contributed by atoms with Crippen molar-refractivity contribution in [2.75, 3.05) is 19.5 Å². The number of aromatic nitrogens is 5. The number of aliphatic hydroxyl groups is 1. The van der Waals surface area contributed by atoms with Gasteiger partial charge in [0, 0.05) is 25.2 Å². The largest absolute Gasteiger partial charge is 0.494 e. The molecule has 39 heavy (non-hydrogen) atoms. The summed E-state index contributed by atoms with van der Waals surface area (Å²) in [5.74, 6) is -0.909. The van der Waals surface area contributed by atoms with Crippen LogP contribution < -0.4 is 20.9 Å². The molecule has 0 unspecified atom stereocenters. The normalized spacial score (nSPS) is 15.9. The van der Waals surface area contributed by atoms with Crippen molar-refractivity contribution in [2.45, 2.75) is 38.0 Å². The summed E-state index contributed by atoms with van der Waals surface area (Å²) in [5.41, 5.74) is 0.258. The van der Waals surface area contributed by atoms with Gasteiger partial charge in [-0.25, -0.2) is 4.79 Å². The molecule has 0 atom stereocenters. The van der Waals surface area contributed by atoms with Gasteiger partial charge in [0.2, 0.25) is 5.82 Å². The third kappa shape index (κ3) is 5.50. The number of tetrazole rings is 1. The molecule has 2 amide bonds. The molecule has 14 heteroatoms. The average Bonchev–Trinajstić information content (AvgIpc) is 3.86. The van der Waals surface area contributed by atoms with Crippen LogP contribution in [0.2, 0.25) is 0 Å². The Morgan fingerprint density at radius 3 is 2.62 bits per heavy atom. The SMILES string of the molecule is CNC(=O)c1cn(COC(=O)C2(O)CC2)/c(=N/C(=O)C2CC2)cc1Nc1cccc(-c2nnn(C)n2)c1OC. The fourth-order valence-corrected chi connectivity index (χ4v) is 3.89. The number of nitrogens with zero attached hydrogens (tertiary/aromatic N) is 6. The van der Waals surface area contributed by atoms with E-state index in [1.807, 2.05) is 0 Å². The Hall–Kier alpha value is -4.59. The highest BCUT2D eigenvalue weighted by Crippen LogP contribution is 2.37. The molecule has 5 rings (SSSR count). The number of para-hydroxylation sites is 1. The number of anilines is 2. The fourth-order valence-electron chi connectivity index (χ4n) is 3.89. The summed E-state index contributed by atoms with van der Waals surface area (Å²) in [5, 5.41) is 28.0. The molecule has 204 valence electrons. The van der Waals surface area contributed by atoms with Gasteiger partial charge >= 0.3 is 5.97 Å². The summed E-state index contributed by atoms with van der Waals surface area (Å²) in [7, 11) is 4.63. The monoisotopic (exact) mass is 536 g/mol. The van der Waals surface area contributed by atoms with Crippen molar-refractivity contribution in [1.29, 1.82) is 0 Å². The first-order valence-electron chi connectivity index (χ1n) is 12.4. The van der Waals surface area contributed by atoms with E-state index in [9.17, 15) is 19.5 Å². The Bertz CT molecular complexity index is 1520. The maximum absolute atomic E-state index is 12.9. The molecule has 2 saturated carbocycles. The van der Waals surface area contributed by atoms with Gasteiger partial charge in [-0.2, -0.15) is 9.79 Å². The molecule has 2 fully saturated rings. The number of hydrogen-bond donors (Lipinski definition) is 3. The standard InChI is InChI=1S/C25H28N8O6/c1-26-23(35)16-12-33(13-39-24(36)25(37)9-10-25)19(28-22(34)14-7-8-14)11-18(16)27-17-6-4-5-15(20(17)38-3)21-29-31-32(2)30-21/h4-6,11-12,14,27,37H,7-10,13H2,1-3H3,(H,26,35)/b28-19+. The van der Waals surface area contributed by atoms with E-state index >= 15 is 0 Å². The number of hydrogen-bond acceptors (Lipinski definition) is 10. The Morgan fingerprint density at radius 1 is 1.23 bits per heavy atom. The summed E-state index contributed by atoms with van der Waals surface area (Å²) in [6.45, 7) is -0.348. The third-order valence-electron chi connectivity index (χ3n) is 6.44. The number of pyridine rings is 1. The van der Waals surface area contributed by atoms with Crippen molar-refractivity contribution in [1.82, 2.24) is 30.1 Å². The highest BCUT2D eigenvalue weighted by Gasteiger charge is 2.49. The van der Waals surface area contributed by atoms with Crippen LogP contribution in [-0.2, 0) is 28.1 Å². The van der Waals surface area contributed by atoms with Crippen LogP contribution >= 0.6 is 0 Å². The number of nitrogens with one attached hydrogen (secondary N) is 2. The second-order valence-electron chi connectivity index (χ2n) is 9.44. The zero-order valence-electron chi connectivity index (χ0n) is 21.7. The Morgan fingerprint density at radius 2 is 2.00 bits per heavy atom. The molecule has 2 aliphatic carbocycles. The van der Waals surface area contributed by atoms with Crippen molar-refractivity contribution in [3.63, 3.8) is 0 Å². The van der Waals surface area contributed by atoms with Crippen LogP contribution in [0.4, 0.5) is 11.4 Å². The van der Waals surface area contributed by atoms with E-state index < -0.39 is 17.5 Å². The van der Waals surface area contributed by atoms with Gasteiger partial charge in [-0.3, -0.25) is 14.2 Å². The lowest BCUT2D eigenvalue weighted by atomic mass is 10.1. The summed E-state index contributed by atoms with van der Waals surface area (Å²) < 4.78 is 12.3. The molecule has 2 aromatic heterocycles. The lowest BCUT2D eigenvalue weighted by Crippen LogP contribution is -2.31. The fraction of sp³-hybridized carbons (Fsp3) is 0.400. The van der Waals surface area contributed by atoms with E-state index in [1.165, 1.54) is 35.8 Å². The number of carbonyl (C=O) groups is 3. The smallest absolute Gasteiger partial charge is 0.339 e. The minimum atomic E-state index is -1.48. The maximum Gasteiger partial charge on any atom is 0.339 e. The number of rotatable bonds is 9. The lowest BCUT2D eigenvalue weighted by Gasteiger charge is -2.18. The van der Waals surface area contributed by atoms with Crippen LogP contribution in [0.15, 0.2) is 35.5 Å². The molecule has 0 spiro atoms. The third-order valence-corrected chi connectivity index (χ3v) is 6.44. The van der Waals surface area contributed by atoms with E-state index in [4.69, 9.17) is 9.47 Å². The predicted molar refractivity (Wildman–Crippen MR) is 135 cm³/mol. The van der Waals surface area contributed by atoms with Crippen LogP contribution in [0.3, 0.4) is 0 Å². The van der Waals surface area contributed by atoms with Crippen molar-refractivity contribution >= 4 is 29.2 Å². The van der Waals surface area contributed by atoms with Gasteiger partial charge in [0.05, 0.1) is 36.7 Å². The molecule has 0 saturated heterocycles. The highest BCUT2D eigenvalue weighted by atomic mass is 16.6. The van der Waals surface area contributed by atoms with Gasteiger partial charge in [-0.1, -0.05) is 6.07 Å². The molecule has 0 aliphatic heterocycles. The molecule has 0 radical (unpaired) electrons. The van der Waals surface area contributed by atoms with Crippen LogP contribution in [-0.4, -0.2) is 67.4 Å². The average molecular weight is 537 g/mol. The minimum Gasteiger partial charge on any atom is -0.494 e. The first-order valence-corrected chi connectivity index (χ1v) is 12.4. The second-order valence-corrected chi connectivity index (χ2v) is 9.44. The van der Waals surface area contributed by atoms with Crippen LogP contribution in [0.5, 0.6) is 5.75 Å². The minimum absolute atomic E-state index is 0.153. The Labute approximate surface area is 222 Å². The van der Waals surface area contributed by atoms with E-state index in [2.05, 4.69) is 31.0 Å². The molecular formula is C25H28N8O6. The highest BCUT2D eigenvalue weighted by molar-refractivity contribution is 6.00. The zero-order valence-corrected chi connectivity index (χ0v) is 21.7. The molecule has 2 aliphatic rings. The lowest BCUT2D eigenvalue weighted by molar-refractivity contribution is -0.160. The summed E-state index contributed by atoms with van der Waals surface area (Å²) >= 11 is 0. The molecule has 0 bridgehead atoms. The van der Waals surface area contributed by atoms with Gasteiger partial charge in [-0.15, -0.1) is 10.2 Å². The van der Waals surface area contributed by atoms with Gasteiger partial charge in [0.25, 0.3) is 11.8 Å². The van der Waals surface area contributed by atoms with Crippen LogP contribution in [0.25, 0.3) is 11.4 Å². The molecule has 1 aromatic carbocycles. The first kappa shape index (κ1) is 26.0.